The van der Waals surface area contributed by atoms with Crippen LogP contribution in [0.3, 0.4) is 0 Å². The lowest BCUT2D eigenvalue weighted by molar-refractivity contribution is 0.0956. The molecule has 1 aromatic heterocycles. The third kappa shape index (κ3) is 9.53. The van der Waals surface area contributed by atoms with Gasteiger partial charge in [0.1, 0.15) is 0 Å². The Balaban J connectivity index is 1.43. The molecule has 0 aliphatic rings. The van der Waals surface area contributed by atoms with Gasteiger partial charge in [0, 0.05) is 68.4 Å². The van der Waals surface area contributed by atoms with Crippen molar-refractivity contribution >= 4 is 50.2 Å². The van der Waals surface area contributed by atoms with E-state index in [0.29, 0.717) is 29.0 Å². The second-order valence-corrected chi connectivity index (χ2v) is 16.1. The zero-order valence-electron chi connectivity index (χ0n) is 26.9. The van der Waals surface area contributed by atoms with Crippen LogP contribution in [0.5, 0.6) is 0 Å². The van der Waals surface area contributed by atoms with E-state index in [-0.39, 0.29) is 28.5 Å². The molecule has 7 nitrogen and oxygen atoms in total. The van der Waals surface area contributed by atoms with Crippen molar-refractivity contribution in [1.29, 1.82) is 0 Å². The van der Waals surface area contributed by atoms with Crippen LogP contribution in [0.15, 0.2) is 102 Å². The third-order valence-corrected chi connectivity index (χ3v) is 9.78. The van der Waals surface area contributed by atoms with Crippen molar-refractivity contribution in [2.45, 2.75) is 42.5 Å². The molecule has 1 amide bonds. The van der Waals surface area contributed by atoms with E-state index in [1.807, 2.05) is 42.5 Å². The van der Waals surface area contributed by atoms with Gasteiger partial charge in [-0.1, -0.05) is 104 Å². The summed E-state index contributed by atoms with van der Waals surface area (Å²) in [6.07, 6.45) is 0.537. The summed E-state index contributed by atoms with van der Waals surface area (Å²) in [6.45, 7) is 6.25. The second kappa shape index (κ2) is 14.7. The average molecular weight is 819 g/mol. The number of halogens is 4. The largest absolute Gasteiger partial charge is 0.356 e. The first kappa shape index (κ1) is 36.6. The molecule has 256 valence electrons. The fourth-order valence-corrected chi connectivity index (χ4v) is 6.37. The Kier molecular flexibility index (Phi) is 11.0. The van der Waals surface area contributed by atoms with Crippen LogP contribution in [-0.4, -0.2) is 36.3 Å². The number of carbonyl (C=O) groups is 1. The summed E-state index contributed by atoms with van der Waals surface area (Å²) < 4.78 is 61.4. The number of hydrogen-bond acceptors (Lipinski definition) is 5. The van der Waals surface area contributed by atoms with E-state index in [1.165, 1.54) is 17.7 Å². The van der Waals surface area contributed by atoms with Crippen LogP contribution in [-0.2, 0) is 25.9 Å². The number of carbonyl (C=O) groups excluding carboxylic acids is 1. The predicted octanol–water partition coefficient (Wildman–Crippen LogP) is 9.44. The topological polar surface area (TPSA) is 110 Å². The van der Waals surface area contributed by atoms with Crippen molar-refractivity contribution in [3.63, 3.8) is 0 Å². The maximum Gasteiger partial charge on any atom is 0.321 e. The number of aromatic nitrogens is 1. The summed E-state index contributed by atoms with van der Waals surface area (Å²) in [7, 11) is -4.18. The Morgan fingerprint density at radius 3 is 2.20 bits per heavy atom. The highest BCUT2D eigenvalue weighted by Crippen LogP contribution is 2.40. The minimum atomic E-state index is -4.18. The van der Waals surface area contributed by atoms with Gasteiger partial charge in [0.2, 0.25) is 0 Å². The van der Waals surface area contributed by atoms with Gasteiger partial charge in [-0.2, -0.15) is 17.2 Å². The molecule has 0 saturated heterocycles. The maximum absolute atomic E-state index is 13.8. The number of hydrogen-bond donors (Lipinski definition) is 2. The lowest BCUT2D eigenvalue weighted by Gasteiger charge is -2.21. The van der Waals surface area contributed by atoms with Gasteiger partial charge in [-0.3, -0.25) is 9.35 Å². The molecular weight excluding hydrogens is 785 g/mol. The van der Waals surface area contributed by atoms with Gasteiger partial charge in [0.25, 0.3) is 16.0 Å². The molecule has 0 bridgehead atoms. The minimum Gasteiger partial charge on any atom is -0.356 e. The monoisotopic (exact) mass is 818 g/mol. The average Bonchev–Trinajstić information content (AvgIpc) is 3.53. The van der Waals surface area contributed by atoms with Crippen molar-refractivity contribution in [1.82, 2.24) is 10.5 Å². The number of rotatable bonds is 11. The number of amides is 1. The second-order valence-electron chi connectivity index (χ2n) is 12.8. The van der Waals surface area contributed by atoms with E-state index in [0.717, 1.165) is 44.8 Å². The van der Waals surface area contributed by atoms with E-state index in [4.69, 9.17) is 20.7 Å². The Labute approximate surface area is 303 Å². The number of nitrogens with zero attached hydrogens (tertiary/aromatic N) is 1. The molecule has 0 aliphatic carbocycles. The molecule has 0 radical (unpaired) electrons. The van der Waals surface area contributed by atoms with E-state index >= 15 is 0 Å². The minimum absolute atomic E-state index is 0.0296. The van der Waals surface area contributed by atoms with E-state index < -0.39 is 25.7 Å². The zero-order valence-corrected chi connectivity index (χ0v) is 30.6. The van der Waals surface area contributed by atoms with Gasteiger partial charge in [-0.15, -0.1) is 0 Å². The lowest BCUT2D eigenvalue weighted by atomic mass is 9.83. The van der Waals surface area contributed by atoms with Crippen molar-refractivity contribution < 1.29 is 31.1 Å². The van der Waals surface area contributed by atoms with Gasteiger partial charge < -0.3 is 9.84 Å². The molecule has 0 aliphatic heterocycles. The van der Waals surface area contributed by atoms with Crippen LogP contribution in [0, 0.1) is 0 Å². The first-order valence-corrected chi connectivity index (χ1v) is 18.4. The van der Waals surface area contributed by atoms with Crippen LogP contribution in [0.2, 0.25) is 5.02 Å². The highest BCUT2D eigenvalue weighted by atomic mass is 127. The predicted molar refractivity (Wildman–Crippen MR) is 196 cm³/mol. The number of nitrogens with one attached hydrogen (secondary N) is 1. The van der Waals surface area contributed by atoms with Crippen molar-refractivity contribution in [3.8, 4) is 22.5 Å². The third-order valence-electron chi connectivity index (χ3n) is 8.12. The molecular formula is C37H34ClF2IN2O5S. The molecule has 49 heavy (non-hydrogen) atoms. The molecule has 0 saturated carbocycles. The molecule has 0 spiro atoms. The van der Waals surface area contributed by atoms with Crippen molar-refractivity contribution in [3.05, 3.63) is 136 Å². The normalized spacial score (nSPS) is 12.9. The zero-order chi connectivity index (χ0) is 35.6. The molecule has 4 aromatic carbocycles. The molecule has 5 rings (SSSR count). The van der Waals surface area contributed by atoms with E-state index in [9.17, 15) is 22.0 Å². The lowest BCUT2D eigenvalue weighted by Crippen LogP contribution is -2.28. The summed E-state index contributed by atoms with van der Waals surface area (Å²) in [5.74, 6) is -0.705. The van der Waals surface area contributed by atoms with E-state index in [1.54, 1.807) is 18.2 Å². The van der Waals surface area contributed by atoms with Gasteiger partial charge in [0.05, 0.1) is 11.4 Å². The first-order valence-electron chi connectivity index (χ1n) is 15.3. The van der Waals surface area contributed by atoms with Crippen LogP contribution in [0.1, 0.15) is 65.0 Å². The Hall–Kier alpha value is -3.65. The molecule has 1 atom stereocenters. The smallest absolute Gasteiger partial charge is 0.321 e. The molecule has 2 N–H and O–H groups in total. The SMILES string of the molecule is CC(C)(C)c1ccc(C(Cc2ccc(C(=O)NCCS(=O)(=O)O)cc2)c2cc(-c3cccc(-c4ccc(C(F)(F)I)cc4Cl)c3)on2)cc1. The molecule has 5 aromatic rings. The summed E-state index contributed by atoms with van der Waals surface area (Å²) in [6, 6.07) is 28.9. The quantitative estimate of drug-likeness (QED) is 0.0782. The Morgan fingerprint density at radius 2 is 1.59 bits per heavy atom. The van der Waals surface area contributed by atoms with Crippen LogP contribution < -0.4 is 5.32 Å². The van der Waals surface area contributed by atoms with E-state index in [2.05, 4.69) is 55.5 Å². The summed E-state index contributed by atoms with van der Waals surface area (Å²) in [5, 5.41) is 7.18. The Bertz CT molecular complexity index is 2060. The molecule has 0 fully saturated rings. The fourth-order valence-electron chi connectivity index (χ4n) is 5.39. The number of benzene rings is 4. The van der Waals surface area contributed by atoms with Gasteiger partial charge in [0.15, 0.2) is 5.76 Å². The highest BCUT2D eigenvalue weighted by molar-refractivity contribution is 14.1. The van der Waals surface area contributed by atoms with Crippen LogP contribution >= 0.6 is 34.2 Å². The maximum atomic E-state index is 13.8. The summed E-state index contributed by atoms with van der Waals surface area (Å²) in [5.41, 5.74) is 6.07. The molecule has 12 heteroatoms. The Morgan fingerprint density at radius 1 is 0.939 bits per heavy atom. The van der Waals surface area contributed by atoms with Gasteiger partial charge in [-0.05, 0) is 58.4 Å². The van der Waals surface area contributed by atoms with Gasteiger partial charge in [-0.25, -0.2) is 0 Å². The molecule has 1 heterocycles. The summed E-state index contributed by atoms with van der Waals surface area (Å²) in [4.78, 5) is 12.5. The summed E-state index contributed by atoms with van der Waals surface area (Å²) >= 11 is 7.52. The van der Waals surface area contributed by atoms with Crippen molar-refractivity contribution in [2.24, 2.45) is 0 Å². The van der Waals surface area contributed by atoms with Gasteiger partial charge >= 0.3 is 3.93 Å². The van der Waals surface area contributed by atoms with Crippen LogP contribution in [0.25, 0.3) is 22.5 Å². The van der Waals surface area contributed by atoms with Crippen LogP contribution in [0.4, 0.5) is 8.78 Å². The number of alkyl halides is 3. The first-order chi connectivity index (χ1) is 23.0. The molecule has 1 unspecified atom stereocenters. The standard InChI is InChI=1S/C37H34ClF2IN2O5S/c1-36(2,3)28-13-11-24(12-14-28)31(19-23-7-9-25(10-8-23)35(44)42-17-18-49(45,46)47)33-22-34(48-43-33)27-6-4-5-26(20-27)30-16-15-29(21-32(30)38)37(39,40)41/h4-16,20-22,31H,17-19H2,1-3H3,(H,42,44)(H,45,46,47). The van der Waals surface area contributed by atoms with Crippen molar-refractivity contribution in [2.75, 3.05) is 12.3 Å². The fraction of sp³-hybridized carbons (Fsp3) is 0.243. The highest BCUT2D eigenvalue weighted by Gasteiger charge is 2.28.